The fraction of sp³-hybridized carbons (Fsp3) is 0.417. The number of nitrogens with two attached hydrogens (primary N) is 1. The van der Waals surface area contributed by atoms with Crippen molar-refractivity contribution in [1.29, 1.82) is 0 Å². The van der Waals surface area contributed by atoms with Gasteiger partial charge in [0.25, 0.3) is 5.91 Å². The Labute approximate surface area is 99.1 Å². The quantitative estimate of drug-likeness (QED) is 0.742. The molecule has 2 heterocycles. The molecule has 0 unspecified atom stereocenters. The molecule has 3 rings (SSSR count). The Morgan fingerprint density at radius 2 is 1.82 bits per heavy atom. The van der Waals surface area contributed by atoms with Gasteiger partial charge in [0.15, 0.2) is 11.5 Å². The number of amides is 1. The highest BCUT2D eigenvalue weighted by Crippen LogP contribution is 2.36. The van der Waals surface area contributed by atoms with Gasteiger partial charge in [0, 0.05) is 24.8 Å². The molecular weight excluding hydrogens is 220 g/mol. The molecule has 0 atom stereocenters. The summed E-state index contributed by atoms with van der Waals surface area (Å²) in [6.07, 6.45) is 2.13. The van der Waals surface area contributed by atoms with Crippen LogP contribution in [0.3, 0.4) is 0 Å². The first-order valence-corrected chi connectivity index (χ1v) is 5.74. The summed E-state index contributed by atoms with van der Waals surface area (Å²) in [7, 11) is 0. The highest BCUT2D eigenvalue weighted by Gasteiger charge is 2.24. The number of nitrogens with zero attached hydrogens (tertiary/aromatic N) is 1. The van der Waals surface area contributed by atoms with Crippen molar-refractivity contribution in [2.45, 2.75) is 12.8 Å². The van der Waals surface area contributed by atoms with Gasteiger partial charge in [0.1, 0.15) is 0 Å². The zero-order valence-corrected chi connectivity index (χ0v) is 9.44. The Balaban J connectivity index is 1.94. The van der Waals surface area contributed by atoms with Crippen LogP contribution >= 0.6 is 0 Å². The van der Waals surface area contributed by atoms with Gasteiger partial charge in [-0.05, 0) is 18.9 Å². The average Bonchev–Trinajstić information content (AvgIpc) is 2.97. The van der Waals surface area contributed by atoms with E-state index in [2.05, 4.69) is 0 Å². The first-order valence-electron chi connectivity index (χ1n) is 5.74. The molecule has 1 saturated heterocycles. The maximum Gasteiger partial charge on any atom is 0.256 e. The highest BCUT2D eigenvalue weighted by atomic mass is 16.7. The molecule has 0 aromatic heterocycles. The number of anilines is 1. The second-order valence-electron chi connectivity index (χ2n) is 4.29. The van der Waals surface area contributed by atoms with Crippen LogP contribution in [0.4, 0.5) is 5.69 Å². The van der Waals surface area contributed by atoms with Gasteiger partial charge in [-0.25, -0.2) is 0 Å². The normalized spacial score (nSPS) is 17.5. The van der Waals surface area contributed by atoms with Gasteiger partial charge >= 0.3 is 0 Å². The van der Waals surface area contributed by atoms with Crippen molar-refractivity contribution in [3.05, 3.63) is 17.7 Å². The fourth-order valence-electron chi connectivity index (χ4n) is 2.23. The van der Waals surface area contributed by atoms with Crippen LogP contribution in [0.5, 0.6) is 11.5 Å². The lowest BCUT2D eigenvalue weighted by Crippen LogP contribution is -2.28. The highest BCUT2D eigenvalue weighted by molar-refractivity contribution is 6.00. The zero-order chi connectivity index (χ0) is 11.8. The molecule has 90 valence electrons. The number of hydrogen-bond donors (Lipinski definition) is 1. The van der Waals surface area contributed by atoms with Gasteiger partial charge in [0.2, 0.25) is 6.79 Å². The van der Waals surface area contributed by atoms with E-state index in [-0.39, 0.29) is 12.7 Å². The largest absolute Gasteiger partial charge is 0.454 e. The number of hydrogen-bond acceptors (Lipinski definition) is 4. The van der Waals surface area contributed by atoms with Crippen molar-refractivity contribution < 1.29 is 14.3 Å². The van der Waals surface area contributed by atoms with Gasteiger partial charge in [0.05, 0.1) is 5.56 Å². The third kappa shape index (κ3) is 1.67. The second kappa shape index (κ2) is 3.84. The first-order chi connectivity index (χ1) is 8.25. The minimum Gasteiger partial charge on any atom is -0.454 e. The van der Waals surface area contributed by atoms with Crippen LogP contribution < -0.4 is 15.2 Å². The Morgan fingerprint density at radius 3 is 2.53 bits per heavy atom. The van der Waals surface area contributed by atoms with Crippen LogP contribution in [-0.4, -0.2) is 30.7 Å². The summed E-state index contributed by atoms with van der Waals surface area (Å²) < 4.78 is 10.5. The number of benzene rings is 1. The summed E-state index contributed by atoms with van der Waals surface area (Å²) in [5.41, 5.74) is 6.84. The van der Waals surface area contributed by atoms with Crippen molar-refractivity contribution >= 4 is 11.6 Å². The number of rotatable bonds is 1. The third-order valence-corrected chi connectivity index (χ3v) is 3.17. The monoisotopic (exact) mass is 234 g/mol. The number of likely N-dealkylation sites (tertiary alicyclic amines) is 1. The standard InChI is InChI=1S/C12H14N2O3/c13-9-6-11-10(16-7-17-11)5-8(9)12(15)14-3-1-2-4-14/h5-6H,1-4,7,13H2. The van der Waals surface area contributed by atoms with E-state index in [4.69, 9.17) is 15.2 Å². The number of carbonyl (C=O) groups is 1. The molecule has 5 heteroatoms. The van der Waals surface area contributed by atoms with E-state index in [1.165, 1.54) is 0 Å². The molecule has 0 bridgehead atoms. The molecule has 1 aromatic rings. The molecule has 2 aliphatic heterocycles. The lowest BCUT2D eigenvalue weighted by atomic mass is 10.1. The summed E-state index contributed by atoms with van der Waals surface area (Å²) in [6, 6.07) is 3.34. The summed E-state index contributed by atoms with van der Waals surface area (Å²) >= 11 is 0. The summed E-state index contributed by atoms with van der Waals surface area (Å²) in [4.78, 5) is 14.0. The molecule has 1 aromatic carbocycles. The van der Waals surface area contributed by atoms with Crippen LogP contribution in [0.25, 0.3) is 0 Å². The first kappa shape index (κ1) is 10.3. The SMILES string of the molecule is Nc1cc2c(cc1C(=O)N1CCCC1)OCO2. The Kier molecular flexibility index (Phi) is 2.31. The lowest BCUT2D eigenvalue weighted by Gasteiger charge is -2.16. The van der Waals surface area contributed by atoms with Gasteiger partial charge in [-0.2, -0.15) is 0 Å². The van der Waals surface area contributed by atoms with Gasteiger partial charge < -0.3 is 20.1 Å². The summed E-state index contributed by atoms with van der Waals surface area (Å²) in [5, 5.41) is 0. The van der Waals surface area contributed by atoms with Crippen LogP contribution in [0.15, 0.2) is 12.1 Å². The van der Waals surface area contributed by atoms with Crippen molar-refractivity contribution in [3.8, 4) is 11.5 Å². The molecule has 0 saturated carbocycles. The van der Waals surface area contributed by atoms with Gasteiger partial charge in [-0.3, -0.25) is 4.79 Å². The van der Waals surface area contributed by atoms with E-state index in [0.29, 0.717) is 22.7 Å². The molecule has 0 radical (unpaired) electrons. The Bertz CT molecular complexity index is 467. The Hall–Kier alpha value is -1.91. The lowest BCUT2D eigenvalue weighted by molar-refractivity contribution is 0.0793. The van der Waals surface area contributed by atoms with Crippen LogP contribution in [-0.2, 0) is 0 Å². The van der Waals surface area contributed by atoms with Gasteiger partial charge in [-0.15, -0.1) is 0 Å². The molecule has 0 aliphatic carbocycles. The van der Waals surface area contributed by atoms with E-state index in [1.54, 1.807) is 12.1 Å². The molecule has 5 nitrogen and oxygen atoms in total. The third-order valence-electron chi connectivity index (χ3n) is 3.17. The minimum atomic E-state index is -0.0155. The van der Waals surface area contributed by atoms with Gasteiger partial charge in [-0.1, -0.05) is 0 Å². The fourth-order valence-corrected chi connectivity index (χ4v) is 2.23. The van der Waals surface area contributed by atoms with Crippen molar-refractivity contribution in [3.63, 3.8) is 0 Å². The predicted molar refractivity (Wildman–Crippen MR) is 62.1 cm³/mol. The van der Waals surface area contributed by atoms with E-state index in [1.807, 2.05) is 4.90 Å². The van der Waals surface area contributed by atoms with Crippen LogP contribution in [0, 0.1) is 0 Å². The molecule has 2 aliphatic rings. The Morgan fingerprint density at radius 1 is 1.18 bits per heavy atom. The van der Waals surface area contributed by atoms with Crippen LogP contribution in [0.2, 0.25) is 0 Å². The molecule has 1 amide bonds. The van der Waals surface area contributed by atoms with Crippen molar-refractivity contribution in [2.75, 3.05) is 25.6 Å². The number of carbonyl (C=O) groups excluding carboxylic acids is 1. The molecule has 0 spiro atoms. The summed E-state index contributed by atoms with van der Waals surface area (Å²) in [6.45, 7) is 1.82. The second-order valence-corrected chi connectivity index (χ2v) is 4.29. The topological polar surface area (TPSA) is 64.8 Å². The predicted octanol–water partition coefficient (Wildman–Crippen LogP) is 1.23. The minimum absolute atomic E-state index is 0.0155. The van der Waals surface area contributed by atoms with Crippen molar-refractivity contribution in [2.24, 2.45) is 0 Å². The van der Waals surface area contributed by atoms with E-state index in [0.717, 1.165) is 25.9 Å². The average molecular weight is 234 g/mol. The van der Waals surface area contributed by atoms with E-state index in [9.17, 15) is 4.79 Å². The molecule has 1 fully saturated rings. The molecule has 2 N–H and O–H groups in total. The maximum absolute atomic E-state index is 12.2. The molecule has 17 heavy (non-hydrogen) atoms. The number of nitrogen functional groups attached to an aromatic ring is 1. The maximum atomic E-state index is 12.2. The van der Waals surface area contributed by atoms with Crippen LogP contribution in [0.1, 0.15) is 23.2 Å². The van der Waals surface area contributed by atoms with E-state index >= 15 is 0 Å². The smallest absolute Gasteiger partial charge is 0.256 e. The number of ether oxygens (including phenoxy) is 2. The molecular formula is C12H14N2O3. The summed E-state index contributed by atoms with van der Waals surface area (Å²) in [5.74, 6) is 1.19. The number of fused-ring (bicyclic) bond motifs is 1. The zero-order valence-electron chi connectivity index (χ0n) is 9.44. The van der Waals surface area contributed by atoms with E-state index < -0.39 is 0 Å². The van der Waals surface area contributed by atoms with Crippen molar-refractivity contribution in [1.82, 2.24) is 4.90 Å².